The van der Waals surface area contributed by atoms with E-state index in [2.05, 4.69) is 24.6 Å². The van der Waals surface area contributed by atoms with Gasteiger partial charge in [-0.2, -0.15) is 0 Å². The standard InChI is InChI=1S/C31H43NO5S/c1-7-8-12-23-29(35)20(3)11-9-10-19(2)13-15-25(22-14-16-26-24(17-22)32-21(4)38-26)37-28(34)18-27(33)31(5,6)30(23)36/h7,13-14,16-17,20,23,25,27,29,33,35H,1,8-12,15,18H2,2-6H3/t20-,23+,25-,27-,29-/m0/s1. The van der Waals surface area contributed by atoms with Crippen LogP contribution in [0.3, 0.4) is 0 Å². The van der Waals surface area contributed by atoms with Crippen LogP contribution in [0.4, 0.5) is 0 Å². The first-order valence-electron chi connectivity index (χ1n) is 13.7. The summed E-state index contributed by atoms with van der Waals surface area (Å²) in [6, 6.07) is 5.94. The van der Waals surface area contributed by atoms with Gasteiger partial charge in [0.15, 0.2) is 0 Å². The fraction of sp³-hybridized carbons (Fsp3) is 0.581. The number of Topliss-reactive ketones (excluding diaryl/α,β-unsaturated/α-hetero) is 1. The maximum atomic E-state index is 13.7. The van der Waals surface area contributed by atoms with E-state index in [1.54, 1.807) is 31.3 Å². The second kappa shape index (κ2) is 13.1. The van der Waals surface area contributed by atoms with Crippen LogP contribution in [0.5, 0.6) is 0 Å². The van der Waals surface area contributed by atoms with E-state index in [1.807, 2.05) is 32.0 Å². The summed E-state index contributed by atoms with van der Waals surface area (Å²) in [5.74, 6) is -1.52. The van der Waals surface area contributed by atoms with Crippen molar-refractivity contribution < 1.29 is 24.5 Å². The Morgan fingerprint density at radius 1 is 1.24 bits per heavy atom. The summed E-state index contributed by atoms with van der Waals surface area (Å²) in [5.41, 5.74) is 1.68. The molecule has 0 saturated heterocycles. The van der Waals surface area contributed by atoms with Crippen LogP contribution in [0.15, 0.2) is 42.5 Å². The summed E-state index contributed by atoms with van der Waals surface area (Å²) in [7, 11) is 0. The number of aryl methyl sites for hydroxylation is 1. The molecule has 2 aromatic rings. The molecule has 0 amide bonds. The Bertz CT molecular complexity index is 1170. The minimum atomic E-state index is -1.24. The average molecular weight is 542 g/mol. The number of allylic oxidation sites excluding steroid dienone is 2. The molecule has 1 aliphatic rings. The van der Waals surface area contributed by atoms with E-state index in [9.17, 15) is 19.8 Å². The first-order chi connectivity index (χ1) is 17.9. The highest BCUT2D eigenvalue weighted by Gasteiger charge is 2.43. The Morgan fingerprint density at radius 3 is 2.68 bits per heavy atom. The summed E-state index contributed by atoms with van der Waals surface area (Å²) < 4.78 is 7.01. The molecule has 5 atom stereocenters. The molecule has 3 rings (SSSR count). The molecular weight excluding hydrogens is 498 g/mol. The van der Waals surface area contributed by atoms with Crippen molar-refractivity contribution in [3.8, 4) is 0 Å². The van der Waals surface area contributed by atoms with E-state index in [0.29, 0.717) is 19.3 Å². The number of carbonyl (C=O) groups excluding carboxylic acids is 2. The first-order valence-corrected chi connectivity index (χ1v) is 14.5. The molecule has 208 valence electrons. The van der Waals surface area contributed by atoms with E-state index < -0.39 is 35.6 Å². The minimum absolute atomic E-state index is 0.0755. The first kappa shape index (κ1) is 30.2. The number of aliphatic hydroxyl groups excluding tert-OH is 2. The molecule has 1 aromatic heterocycles. The number of rotatable bonds is 4. The molecule has 0 bridgehead atoms. The lowest BCUT2D eigenvalue weighted by Crippen LogP contribution is -2.46. The molecule has 2 heterocycles. The van der Waals surface area contributed by atoms with E-state index >= 15 is 0 Å². The smallest absolute Gasteiger partial charge is 0.309 e. The molecule has 0 fully saturated rings. The van der Waals surface area contributed by atoms with Crippen LogP contribution in [0.2, 0.25) is 0 Å². The van der Waals surface area contributed by atoms with Gasteiger partial charge in [0.1, 0.15) is 11.9 Å². The number of carbonyl (C=O) groups is 2. The zero-order chi connectivity index (χ0) is 28.0. The Kier molecular flexibility index (Phi) is 10.4. The number of nitrogens with zero attached hydrogens (tertiary/aromatic N) is 1. The van der Waals surface area contributed by atoms with Gasteiger partial charge >= 0.3 is 5.97 Å². The van der Waals surface area contributed by atoms with E-state index in [1.165, 1.54) is 5.57 Å². The number of cyclic esters (lactones) is 1. The third kappa shape index (κ3) is 7.39. The van der Waals surface area contributed by atoms with E-state index in [4.69, 9.17) is 4.74 Å². The van der Waals surface area contributed by atoms with Gasteiger partial charge in [-0.3, -0.25) is 9.59 Å². The zero-order valence-electron chi connectivity index (χ0n) is 23.4. The van der Waals surface area contributed by atoms with Gasteiger partial charge in [0.25, 0.3) is 0 Å². The van der Waals surface area contributed by atoms with Crippen LogP contribution in [-0.4, -0.2) is 39.2 Å². The molecule has 7 heteroatoms. The van der Waals surface area contributed by atoms with Crippen molar-refractivity contribution in [2.75, 3.05) is 0 Å². The zero-order valence-corrected chi connectivity index (χ0v) is 24.2. The molecule has 2 N–H and O–H groups in total. The number of ether oxygens (including phenoxy) is 1. The number of thiazole rings is 1. The number of fused-ring (bicyclic) bond motifs is 1. The highest BCUT2D eigenvalue weighted by Crippen LogP contribution is 2.35. The lowest BCUT2D eigenvalue weighted by Gasteiger charge is -2.36. The van der Waals surface area contributed by atoms with Crippen LogP contribution in [-0.2, 0) is 14.3 Å². The highest BCUT2D eigenvalue weighted by molar-refractivity contribution is 7.18. The molecule has 1 aliphatic heterocycles. The number of aromatic nitrogens is 1. The minimum Gasteiger partial charge on any atom is -0.457 e. The van der Waals surface area contributed by atoms with Crippen LogP contribution >= 0.6 is 11.3 Å². The maximum Gasteiger partial charge on any atom is 0.309 e. The molecular formula is C31H43NO5S. The highest BCUT2D eigenvalue weighted by atomic mass is 32.1. The normalized spacial score (nSPS) is 28.1. The van der Waals surface area contributed by atoms with Crippen molar-refractivity contribution in [3.63, 3.8) is 0 Å². The Labute approximate surface area is 230 Å². The summed E-state index contributed by atoms with van der Waals surface area (Å²) in [6.45, 7) is 13.1. The quantitative estimate of drug-likeness (QED) is 0.333. The van der Waals surface area contributed by atoms with Gasteiger partial charge in [-0.25, -0.2) is 4.98 Å². The Balaban J connectivity index is 1.93. The predicted octanol–water partition coefficient (Wildman–Crippen LogP) is 6.64. The molecule has 0 radical (unpaired) electrons. The number of esters is 1. The lowest BCUT2D eigenvalue weighted by atomic mass is 9.71. The number of ketones is 1. The van der Waals surface area contributed by atoms with Crippen molar-refractivity contribution in [1.82, 2.24) is 4.98 Å². The van der Waals surface area contributed by atoms with Crippen molar-refractivity contribution in [2.24, 2.45) is 17.3 Å². The van der Waals surface area contributed by atoms with Crippen molar-refractivity contribution in [1.29, 1.82) is 0 Å². The summed E-state index contributed by atoms with van der Waals surface area (Å²) in [4.78, 5) is 31.4. The van der Waals surface area contributed by atoms with Gasteiger partial charge in [-0.1, -0.05) is 44.6 Å². The van der Waals surface area contributed by atoms with E-state index in [0.717, 1.165) is 40.1 Å². The second-order valence-electron chi connectivity index (χ2n) is 11.4. The van der Waals surface area contributed by atoms with Gasteiger partial charge in [-0.05, 0) is 69.6 Å². The Morgan fingerprint density at radius 2 is 1.97 bits per heavy atom. The molecule has 1 aromatic carbocycles. The van der Waals surface area contributed by atoms with Crippen molar-refractivity contribution >= 4 is 33.3 Å². The maximum absolute atomic E-state index is 13.7. The molecule has 0 saturated carbocycles. The fourth-order valence-corrected chi connectivity index (χ4v) is 6.02. The average Bonchev–Trinajstić information content (AvgIpc) is 3.24. The van der Waals surface area contributed by atoms with Gasteiger partial charge in [0, 0.05) is 12.3 Å². The molecule has 0 aliphatic carbocycles. The van der Waals surface area contributed by atoms with Gasteiger partial charge in [-0.15, -0.1) is 17.9 Å². The fourth-order valence-electron chi connectivity index (χ4n) is 5.21. The van der Waals surface area contributed by atoms with Crippen LogP contribution < -0.4 is 0 Å². The summed E-state index contributed by atoms with van der Waals surface area (Å²) in [6.07, 6.45) is 5.01. The molecule has 38 heavy (non-hydrogen) atoms. The second-order valence-corrected chi connectivity index (χ2v) is 12.6. The SMILES string of the molecule is C=CCC[C@H]1C(=O)C(C)(C)[C@@H](O)CC(=O)O[C@H](c2ccc3sc(C)nc3c2)CC=C(C)CCC[C@H](C)[C@@H]1O. The number of hydrogen-bond acceptors (Lipinski definition) is 7. The van der Waals surface area contributed by atoms with Crippen LogP contribution in [0.1, 0.15) is 89.3 Å². The molecule has 0 unspecified atom stereocenters. The van der Waals surface area contributed by atoms with Gasteiger partial charge in [0.05, 0.1) is 39.3 Å². The van der Waals surface area contributed by atoms with Crippen molar-refractivity contribution in [3.05, 3.63) is 53.1 Å². The van der Waals surface area contributed by atoms with Gasteiger partial charge < -0.3 is 14.9 Å². The third-order valence-corrected chi connectivity index (χ3v) is 8.87. The Hall–Kier alpha value is -2.35. The van der Waals surface area contributed by atoms with Crippen LogP contribution in [0.25, 0.3) is 10.2 Å². The number of aliphatic hydroxyl groups is 2. The largest absolute Gasteiger partial charge is 0.457 e. The number of hydrogen-bond donors (Lipinski definition) is 2. The predicted molar refractivity (Wildman–Crippen MR) is 153 cm³/mol. The number of benzene rings is 1. The third-order valence-electron chi connectivity index (χ3n) is 7.92. The van der Waals surface area contributed by atoms with Crippen LogP contribution in [0, 0.1) is 24.2 Å². The van der Waals surface area contributed by atoms with E-state index in [-0.39, 0.29) is 18.1 Å². The van der Waals surface area contributed by atoms with Gasteiger partial charge in [0.2, 0.25) is 0 Å². The monoisotopic (exact) mass is 541 g/mol. The molecule has 0 spiro atoms. The summed E-state index contributed by atoms with van der Waals surface area (Å²) >= 11 is 1.62. The van der Waals surface area contributed by atoms with Crippen molar-refractivity contribution in [2.45, 2.75) is 97.9 Å². The topological polar surface area (TPSA) is 96.7 Å². The summed E-state index contributed by atoms with van der Waals surface area (Å²) in [5, 5.41) is 23.2. The molecule has 6 nitrogen and oxygen atoms in total. The lowest BCUT2D eigenvalue weighted by molar-refractivity contribution is -0.156.